The number of hydrogen-bond acceptors (Lipinski definition) is 12. The van der Waals surface area contributed by atoms with E-state index in [4.69, 9.17) is 18.9 Å². The van der Waals surface area contributed by atoms with Crippen LogP contribution in [0.2, 0.25) is 0 Å². The lowest BCUT2D eigenvalue weighted by atomic mass is 9.87. The van der Waals surface area contributed by atoms with Gasteiger partial charge in [0.2, 0.25) is 5.88 Å². The molecule has 3 aromatic rings. The summed E-state index contributed by atoms with van der Waals surface area (Å²) in [4.78, 5) is 39.7. The van der Waals surface area contributed by atoms with Gasteiger partial charge in [0.1, 0.15) is 16.4 Å². The van der Waals surface area contributed by atoms with Crippen LogP contribution in [-0.2, 0) is 25.2 Å². The Bertz CT molecular complexity index is 1940. The van der Waals surface area contributed by atoms with Crippen LogP contribution in [0.15, 0.2) is 59.6 Å². The Kier molecular flexibility index (Phi) is 10.4. The molecule has 0 spiro atoms. The van der Waals surface area contributed by atoms with E-state index < -0.39 is 27.6 Å². The second-order valence-corrected chi connectivity index (χ2v) is 14.3. The van der Waals surface area contributed by atoms with Crippen LogP contribution < -0.4 is 18.5 Å². The van der Waals surface area contributed by atoms with Gasteiger partial charge < -0.3 is 28.7 Å². The molecule has 6 rings (SSSR count). The first-order chi connectivity index (χ1) is 24.6. The second kappa shape index (κ2) is 14.7. The van der Waals surface area contributed by atoms with Crippen molar-refractivity contribution in [2.45, 2.75) is 43.2 Å². The zero-order chi connectivity index (χ0) is 36.3. The number of sulfonamides is 1. The highest BCUT2D eigenvalue weighted by atomic mass is 32.2. The molecule has 0 bridgehead atoms. The Morgan fingerprint density at radius 3 is 2.37 bits per heavy atom. The van der Waals surface area contributed by atoms with Crippen LogP contribution in [0.4, 0.5) is 10.5 Å². The molecule has 14 nitrogen and oxygen atoms in total. The molecule has 1 atom stereocenters. The van der Waals surface area contributed by atoms with E-state index in [-0.39, 0.29) is 52.1 Å². The van der Waals surface area contributed by atoms with Crippen LogP contribution in [0, 0.1) is 11.3 Å². The molecule has 1 unspecified atom stereocenters. The zero-order valence-corrected chi connectivity index (χ0v) is 30.0. The summed E-state index contributed by atoms with van der Waals surface area (Å²) in [5.74, 6) is -0.813. The number of aromatic nitrogens is 1. The fourth-order valence-electron chi connectivity index (χ4n) is 7.02. The van der Waals surface area contributed by atoms with Crippen LogP contribution in [0.25, 0.3) is 0 Å². The molecule has 51 heavy (non-hydrogen) atoms. The van der Waals surface area contributed by atoms with Crippen molar-refractivity contribution in [1.29, 1.82) is 5.26 Å². The fraction of sp³-hybridized carbons (Fsp3) is 0.444. The van der Waals surface area contributed by atoms with E-state index in [0.717, 1.165) is 25.9 Å². The Labute approximate surface area is 298 Å². The first-order valence-electron chi connectivity index (χ1n) is 17.0. The summed E-state index contributed by atoms with van der Waals surface area (Å²) in [6.07, 6.45) is 2.73. The van der Waals surface area contributed by atoms with Crippen molar-refractivity contribution in [2.75, 3.05) is 70.9 Å². The average Bonchev–Trinajstić information content (AvgIpc) is 3.39. The maximum atomic E-state index is 15.2. The molecule has 15 heteroatoms. The van der Waals surface area contributed by atoms with E-state index in [9.17, 15) is 18.5 Å². The molecule has 270 valence electrons. The van der Waals surface area contributed by atoms with Crippen molar-refractivity contribution in [2.24, 2.45) is 0 Å². The lowest BCUT2D eigenvalue weighted by Crippen LogP contribution is -2.55. The Morgan fingerprint density at radius 2 is 1.71 bits per heavy atom. The molecule has 2 aromatic carbocycles. The highest BCUT2D eigenvalue weighted by Crippen LogP contribution is 2.52. The molecule has 4 heterocycles. The summed E-state index contributed by atoms with van der Waals surface area (Å²) < 4.78 is 53.2. The molecule has 2 amide bonds. The molecule has 0 N–H and O–H groups in total. The molecule has 0 radical (unpaired) electrons. The Balaban J connectivity index is 1.46. The minimum atomic E-state index is -4.74. The number of fused-ring (bicyclic) bond motifs is 1. The molecule has 2 saturated heterocycles. The second-order valence-electron chi connectivity index (χ2n) is 12.6. The van der Waals surface area contributed by atoms with Gasteiger partial charge in [-0.1, -0.05) is 0 Å². The number of nitrogens with zero attached hydrogens (tertiary/aromatic N) is 6. The van der Waals surface area contributed by atoms with E-state index >= 15 is 4.79 Å². The lowest BCUT2D eigenvalue weighted by Gasteiger charge is -2.42. The molecule has 0 saturated carbocycles. The van der Waals surface area contributed by atoms with Crippen molar-refractivity contribution in [3.8, 4) is 23.4 Å². The van der Waals surface area contributed by atoms with Crippen molar-refractivity contribution in [3.05, 3.63) is 71.4 Å². The first kappa shape index (κ1) is 35.9. The molecule has 2 fully saturated rings. The van der Waals surface area contributed by atoms with E-state index in [2.05, 4.69) is 27.9 Å². The quantitative estimate of drug-likeness (QED) is 0.301. The molecule has 3 aliphatic rings. The largest absolute Gasteiger partial charge is 0.497 e. The number of carbonyl (C=O) groups excluding carboxylic acids is 2. The average molecular weight is 719 g/mol. The number of likely N-dealkylation sites (tertiary alicyclic amines) is 1. The highest BCUT2D eigenvalue weighted by Gasteiger charge is 2.61. The number of anilines is 1. The van der Waals surface area contributed by atoms with Gasteiger partial charge in [-0.05, 0) is 89.3 Å². The molecular formula is C36H42N6O8S. The number of ether oxygens (including phenoxy) is 4. The van der Waals surface area contributed by atoms with Crippen molar-refractivity contribution in [3.63, 3.8) is 0 Å². The summed E-state index contributed by atoms with van der Waals surface area (Å²) in [5, 5.41) is 9.94. The third-order valence-electron chi connectivity index (χ3n) is 9.63. The number of nitriles is 1. The van der Waals surface area contributed by atoms with Gasteiger partial charge in [0.05, 0.1) is 43.2 Å². The van der Waals surface area contributed by atoms with Crippen LogP contribution in [0.5, 0.6) is 17.4 Å². The predicted octanol–water partition coefficient (Wildman–Crippen LogP) is 3.59. The minimum Gasteiger partial charge on any atom is -0.497 e. The standard InChI is InChI=1S/C36H42N6O8S/c1-5-48-31-23-27(47-4)10-12-32(31)51(45,46)42-30-11-9-25(24-37)22-29(30)36(34(42)43,28-8-7-15-38-33(28)49-6-2)50-35(44)41-20-18-40(19-21-41)26-13-16-39(3)17-14-26/h7-12,15,22-23,26H,5-6,13-14,16-21H2,1-4H3. The normalized spacial score (nSPS) is 20.1. The van der Waals surface area contributed by atoms with E-state index in [0.29, 0.717) is 42.3 Å². The predicted molar refractivity (Wildman–Crippen MR) is 186 cm³/mol. The maximum Gasteiger partial charge on any atom is 0.411 e. The summed E-state index contributed by atoms with van der Waals surface area (Å²) >= 11 is 0. The van der Waals surface area contributed by atoms with Gasteiger partial charge in [-0.25, -0.2) is 18.2 Å². The summed E-state index contributed by atoms with van der Waals surface area (Å²) in [6.45, 7) is 7.66. The van der Waals surface area contributed by atoms with Crippen molar-refractivity contribution in [1.82, 2.24) is 19.7 Å². The minimum absolute atomic E-state index is 0.0176. The van der Waals surface area contributed by atoms with Gasteiger partial charge in [-0.2, -0.15) is 9.57 Å². The number of piperazine rings is 1. The number of piperidine rings is 1. The molecule has 1 aromatic heterocycles. The summed E-state index contributed by atoms with van der Waals surface area (Å²) in [5.41, 5.74) is -2.37. The molecule has 0 aliphatic carbocycles. The van der Waals surface area contributed by atoms with Crippen molar-refractivity contribution < 1.29 is 37.0 Å². The van der Waals surface area contributed by atoms with Gasteiger partial charge in [0.15, 0.2) is 0 Å². The summed E-state index contributed by atoms with van der Waals surface area (Å²) in [6, 6.07) is 13.8. The van der Waals surface area contributed by atoms with Gasteiger partial charge in [0, 0.05) is 50.0 Å². The SMILES string of the molecule is CCOc1cc(OC)ccc1S(=O)(=O)N1C(=O)C(OC(=O)N2CCN(C3CCN(C)CC3)CC2)(c2cccnc2OCC)c2cc(C#N)ccc21. The molecule has 3 aliphatic heterocycles. The number of carbonyl (C=O) groups is 2. The van der Waals surface area contributed by atoms with E-state index in [1.165, 1.54) is 60.7 Å². The third kappa shape index (κ3) is 6.55. The number of hydrogen-bond donors (Lipinski definition) is 0. The number of methoxy groups -OCH3 is 1. The van der Waals surface area contributed by atoms with Crippen LogP contribution in [0.3, 0.4) is 0 Å². The smallest absolute Gasteiger partial charge is 0.411 e. The van der Waals surface area contributed by atoms with Crippen molar-refractivity contribution >= 4 is 27.7 Å². The summed E-state index contributed by atoms with van der Waals surface area (Å²) in [7, 11) is -1.19. The Morgan fingerprint density at radius 1 is 0.980 bits per heavy atom. The molecular weight excluding hydrogens is 676 g/mol. The van der Waals surface area contributed by atoms with E-state index in [1.54, 1.807) is 19.9 Å². The van der Waals surface area contributed by atoms with Gasteiger partial charge in [-0.15, -0.1) is 0 Å². The number of amides is 2. The number of rotatable bonds is 10. The maximum absolute atomic E-state index is 15.2. The fourth-order valence-corrected chi connectivity index (χ4v) is 8.59. The van der Waals surface area contributed by atoms with Crippen LogP contribution >= 0.6 is 0 Å². The van der Waals surface area contributed by atoms with Crippen LogP contribution in [-0.4, -0.2) is 113 Å². The zero-order valence-electron chi connectivity index (χ0n) is 29.2. The monoisotopic (exact) mass is 718 g/mol. The van der Waals surface area contributed by atoms with Crippen LogP contribution in [0.1, 0.15) is 43.4 Å². The van der Waals surface area contributed by atoms with Gasteiger partial charge >= 0.3 is 6.09 Å². The topological polar surface area (TPSA) is 155 Å². The van der Waals surface area contributed by atoms with E-state index in [1.807, 2.05) is 0 Å². The van der Waals surface area contributed by atoms with Gasteiger partial charge in [-0.3, -0.25) is 9.69 Å². The number of pyridine rings is 1. The number of benzene rings is 2. The first-order valence-corrected chi connectivity index (χ1v) is 18.5. The lowest BCUT2D eigenvalue weighted by molar-refractivity contribution is -0.132. The van der Waals surface area contributed by atoms with Gasteiger partial charge in [0.25, 0.3) is 21.5 Å². The Hall–Kier alpha value is -4.91. The highest BCUT2D eigenvalue weighted by molar-refractivity contribution is 7.93. The third-order valence-corrected chi connectivity index (χ3v) is 11.4.